The van der Waals surface area contributed by atoms with Gasteiger partial charge in [0.15, 0.2) is 10.0 Å². The Morgan fingerprint density at radius 3 is 1.20 bits per heavy atom. The van der Waals surface area contributed by atoms with Crippen LogP contribution in [0.1, 0.15) is 0 Å². The van der Waals surface area contributed by atoms with E-state index in [9.17, 15) is 0 Å². The molecule has 0 radical (unpaired) electrons. The number of rotatable bonds is 4. The molecule has 0 saturated carbocycles. The molecule has 88 valence electrons. The summed E-state index contributed by atoms with van der Waals surface area (Å²) in [6, 6.07) is 0. The van der Waals surface area contributed by atoms with Crippen LogP contribution in [0.3, 0.4) is 0 Å². The summed E-state index contributed by atoms with van der Waals surface area (Å²) in [5.74, 6) is 0. The third-order valence-electron chi connectivity index (χ3n) is 0.999. The van der Waals surface area contributed by atoms with Gasteiger partial charge in [0.05, 0.1) is 10.1 Å². The van der Waals surface area contributed by atoms with Crippen molar-refractivity contribution in [3.05, 3.63) is 19.0 Å². The van der Waals surface area contributed by atoms with Gasteiger partial charge in [0.25, 0.3) is 0 Å². The number of hydrogen-bond acceptors (Lipinski definition) is 1. The number of ether oxygens (including phenoxy) is 1. The van der Waals surface area contributed by atoms with Crippen molar-refractivity contribution >= 4 is 101 Å². The van der Waals surface area contributed by atoms with E-state index in [0.29, 0.717) is 0 Å². The second-order valence-corrected chi connectivity index (χ2v) is 6.36. The normalized spacial score (nSPS) is 14.4. The molecule has 0 saturated heterocycles. The van der Waals surface area contributed by atoms with E-state index < -0.39 is 10.0 Å². The first-order valence-corrected chi connectivity index (χ1v) is 7.22. The molecule has 0 amide bonds. The van der Waals surface area contributed by atoms with E-state index >= 15 is 0 Å². The Kier molecular flexibility index (Phi) is 9.46. The van der Waals surface area contributed by atoms with Gasteiger partial charge < -0.3 is 4.74 Å². The SMILES string of the molecule is ClC(Cl)=C(Cl)C(Br)OC(Br)C(Cl)=C(Cl)Cl. The van der Waals surface area contributed by atoms with Gasteiger partial charge in [0, 0.05) is 0 Å². The summed E-state index contributed by atoms with van der Waals surface area (Å²) >= 11 is 39.3. The minimum atomic E-state index is -0.727. The molecule has 0 fully saturated rings. The molecule has 0 bridgehead atoms. The Hall–Kier alpha value is 2.14. The Morgan fingerprint density at radius 1 is 0.733 bits per heavy atom. The second kappa shape index (κ2) is 8.28. The summed E-state index contributed by atoms with van der Waals surface area (Å²) < 4.78 is 4.98. The summed E-state index contributed by atoms with van der Waals surface area (Å²) in [5.41, 5.74) is 0. The lowest BCUT2D eigenvalue weighted by atomic mass is 10.6. The van der Waals surface area contributed by atoms with Crippen molar-refractivity contribution in [2.75, 3.05) is 0 Å². The van der Waals surface area contributed by atoms with Gasteiger partial charge in [-0.1, -0.05) is 101 Å². The quantitative estimate of drug-likeness (QED) is 0.451. The molecule has 0 aliphatic rings. The van der Waals surface area contributed by atoms with Crippen LogP contribution in [0.15, 0.2) is 19.0 Å². The van der Waals surface area contributed by atoms with Crippen molar-refractivity contribution in [3.8, 4) is 0 Å². The molecule has 2 unspecified atom stereocenters. The van der Waals surface area contributed by atoms with E-state index in [1.807, 2.05) is 0 Å². The maximum absolute atomic E-state index is 5.69. The topological polar surface area (TPSA) is 9.23 Å². The Balaban J connectivity index is 4.51. The van der Waals surface area contributed by atoms with Crippen molar-refractivity contribution < 1.29 is 4.74 Å². The zero-order chi connectivity index (χ0) is 12.2. The van der Waals surface area contributed by atoms with Crippen molar-refractivity contribution in [2.24, 2.45) is 0 Å². The number of hydrogen-bond donors (Lipinski definition) is 0. The van der Waals surface area contributed by atoms with Gasteiger partial charge in [-0.3, -0.25) is 0 Å². The largest absolute Gasteiger partial charge is 0.341 e. The molecule has 0 rings (SSSR count). The minimum Gasteiger partial charge on any atom is -0.341 e. The smallest absolute Gasteiger partial charge is 0.152 e. The summed E-state index contributed by atoms with van der Waals surface area (Å²) in [5, 5.41) is -1.29. The summed E-state index contributed by atoms with van der Waals surface area (Å²) in [6.07, 6.45) is 0. The van der Waals surface area contributed by atoms with Crippen molar-refractivity contribution in [1.82, 2.24) is 0 Å². The van der Waals surface area contributed by atoms with Gasteiger partial charge in [-0.25, -0.2) is 0 Å². The van der Waals surface area contributed by atoms with E-state index in [1.54, 1.807) is 0 Å². The van der Waals surface area contributed by atoms with E-state index in [1.165, 1.54) is 0 Å². The van der Waals surface area contributed by atoms with E-state index in [4.69, 9.17) is 74.3 Å². The predicted octanol–water partition coefficient (Wildman–Crippen LogP) is 6.22. The zero-order valence-corrected chi connectivity index (χ0v) is 14.3. The van der Waals surface area contributed by atoms with Gasteiger partial charge in [-0.05, 0) is 0 Å². The van der Waals surface area contributed by atoms with E-state index in [2.05, 4.69) is 31.9 Å². The van der Waals surface area contributed by atoms with Gasteiger partial charge in [-0.2, -0.15) is 0 Å². The van der Waals surface area contributed by atoms with Crippen molar-refractivity contribution in [1.29, 1.82) is 0 Å². The summed E-state index contributed by atoms with van der Waals surface area (Å²) in [6.45, 7) is 0. The molecule has 0 aromatic rings. The number of halogens is 8. The Labute approximate surface area is 134 Å². The molecule has 0 aliphatic carbocycles. The van der Waals surface area contributed by atoms with Crippen LogP contribution in [0.2, 0.25) is 0 Å². The third kappa shape index (κ3) is 6.58. The first-order valence-electron chi connectivity index (χ1n) is 3.12. The highest BCUT2D eigenvalue weighted by Crippen LogP contribution is 2.32. The Bertz CT molecular complexity index is 255. The first kappa shape index (κ1) is 17.1. The van der Waals surface area contributed by atoms with Crippen LogP contribution >= 0.6 is 101 Å². The molecule has 0 aromatic heterocycles. The fourth-order valence-corrected chi connectivity index (χ4v) is 2.60. The highest BCUT2D eigenvalue weighted by Gasteiger charge is 2.20. The predicted molar refractivity (Wildman–Crippen MR) is 75.7 cm³/mol. The van der Waals surface area contributed by atoms with Crippen LogP contribution in [0, 0.1) is 0 Å². The molecule has 0 aliphatic heterocycles. The molecule has 0 spiro atoms. The van der Waals surface area contributed by atoms with Gasteiger partial charge in [0.1, 0.15) is 8.98 Å². The lowest BCUT2D eigenvalue weighted by molar-refractivity contribution is 0.150. The van der Waals surface area contributed by atoms with Gasteiger partial charge in [0.2, 0.25) is 0 Å². The monoisotopic (exact) mass is 458 g/mol. The maximum Gasteiger partial charge on any atom is 0.152 e. The van der Waals surface area contributed by atoms with Crippen LogP contribution in [-0.4, -0.2) is 10.0 Å². The second-order valence-electron chi connectivity index (χ2n) is 1.98. The molecule has 15 heavy (non-hydrogen) atoms. The molecular weight excluding hydrogens is 461 g/mol. The molecule has 9 heteroatoms. The average molecular weight is 463 g/mol. The average Bonchev–Trinajstić information content (AvgIpc) is 2.14. The molecule has 1 nitrogen and oxygen atoms in total. The molecule has 2 atom stereocenters. The third-order valence-corrected chi connectivity index (χ3v) is 4.85. The highest BCUT2D eigenvalue weighted by atomic mass is 79.9. The van der Waals surface area contributed by atoms with Crippen LogP contribution in [0.5, 0.6) is 0 Å². The first-order chi connectivity index (χ1) is 6.77. The van der Waals surface area contributed by atoms with E-state index in [-0.39, 0.29) is 19.0 Å². The molecule has 0 heterocycles. The fourth-order valence-electron chi connectivity index (χ4n) is 0.396. The van der Waals surface area contributed by atoms with Crippen LogP contribution < -0.4 is 0 Å². The summed E-state index contributed by atoms with van der Waals surface area (Å²) in [4.78, 5) is 0. The Morgan fingerprint density at radius 2 is 1.00 bits per heavy atom. The minimum absolute atomic E-state index is 0.0814. The lowest BCUT2D eigenvalue weighted by Gasteiger charge is -2.15. The standard InChI is InChI=1S/C6H2Br2Cl6O/c7-3(1(9)5(11)12)15-4(8)2(10)6(13)14/h3-4H. The lowest BCUT2D eigenvalue weighted by Crippen LogP contribution is -2.13. The highest BCUT2D eigenvalue weighted by molar-refractivity contribution is 9.10. The van der Waals surface area contributed by atoms with Crippen molar-refractivity contribution in [2.45, 2.75) is 10.0 Å². The molecule has 0 N–H and O–H groups in total. The zero-order valence-electron chi connectivity index (χ0n) is 6.59. The molecular formula is C6H2Br2Cl6O. The van der Waals surface area contributed by atoms with Gasteiger partial charge in [-0.15, -0.1) is 0 Å². The van der Waals surface area contributed by atoms with Crippen LogP contribution in [0.4, 0.5) is 0 Å². The van der Waals surface area contributed by atoms with E-state index in [0.717, 1.165) is 0 Å². The van der Waals surface area contributed by atoms with Crippen LogP contribution in [0.25, 0.3) is 0 Å². The maximum atomic E-state index is 5.69. The molecule has 0 aromatic carbocycles. The fraction of sp³-hybridized carbons (Fsp3) is 0.333. The van der Waals surface area contributed by atoms with Gasteiger partial charge >= 0.3 is 0 Å². The van der Waals surface area contributed by atoms with Crippen LogP contribution in [-0.2, 0) is 4.74 Å². The van der Waals surface area contributed by atoms with Crippen molar-refractivity contribution in [3.63, 3.8) is 0 Å². The summed E-state index contributed by atoms with van der Waals surface area (Å²) in [7, 11) is 0. The number of alkyl halides is 2.